The minimum atomic E-state index is -0.176. The number of halogens is 2. The largest absolute Gasteiger partial charge is 0.382 e. The van der Waals surface area contributed by atoms with Crippen molar-refractivity contribution < 1.29 is 9.53 Å². The number of rotatable bonds is 11. The molecule has 148 valence electrons. The van der Waals surface area contributed by atoms with Gasteiger partial charge in [-0.15, -0.1) is 24.0 Å². The molecule has 1 aromatic rings. The number of amides is 1. The number of hydrogen-bond acceptors (Lipinski definition) is 3. The van der Waals surface area contributed by atoms with Gasteiger partial charge in [0.25, 0.3) is 5.91 Å². The summed E-state index contributed by atoms with van der Waals surface area (Å²) in [5.74, 6) is 0.580. The third-order valence-electron chi connectivity index (χ3n) is 3.34. The SMILES string of the molecule is CCNC(=NCCCCOCC)NCCNC(=O)c1ccccc1Cl.I. The van der Waals surface area contributed by atoms with Gasteiger partial charge in [0.1, 0.15) is 0 Å². The van der Waals surface area contributed by atoms with Gasteiger partial charge in [0.2, 0.25) is 0 Å². The van der Waals surface area contributed by atoms with Crippen molar-refractivity contribution in [2.24, 2.45) is 4.99 Å². The Morgan fingerprint density at radius 1 is 1.12 bits per heavy atom. The number of benzene rings is 1. The molecule has 1 amide bonds. The number of aliphatic imine (C=N–C) groups is 1. The summed E-state index contributed by atoms with van der Waals surface area (Å²) in [6.07, 6.45) is 1.99. The van der Waals surface area contributed by atoms with Crippen LogP contribution in [0.15, 0.2) is 29.3 Å². The third-order valence-corrected chi connectivity index (χ3v) is 3.67. The van der Waals surface area contributed by atoms with Gasteiger partial charge in [-0.05, 0) is 38.8 Å². The van der Waals surface area contributed by atoms with Crippen molar-refractivity contribution >= 4 is 47.4 Å². The fourth-order valence-corrected chi connectivity index (χ4v) is 2.31. The molecular weight excluding hydrogens is 467 g/mol. The molecule has 26 heavy (non-hydrogen) atoms. The maximum Gasteiger partial charge on any atom is 0.252 e. The summed E-state index contributed by atoms with van der Waals surface area (Å²) >= 11 is 6.01. The number of guanidine groups is 1. The van der Waals surface area contributed by atoms with Gasteiger partial charge in [-0.25, -0.2) is 0 Å². The molecule has 1 rings (SSSR count). The number of nitrogens with zero attached hydrogens (tertiary/aromatic N) is 1. The topological polar surface area (TPSA) is 74.8 Å². The minimum absolute atomic E-state index is 0. The van der Waals surface area contributed by atoms with E-state index in [0.29, 0.717) is 23.7 Å². The minimum Gasteiger partial charge on any atom is -0.382 e. The monoisotopic (exact) mass is 496 g/mol. The van der Waals surface area contributed by atoms with Crippen LogP contribution < -0.4 is 16.0 Å². The third kappa shape index (κ3) is 10.8. The van der Waals surface area contributed by atoms with Crippen LogP contribution in [0.5, 0.6) is 0 Å². The highest BCUT2D eigenvalue weighted by Crippen LogP contribution is 2.14. The standard InChI is InChI=1S/C18H29ClN4O2.HI/c1-3-20-18(22-11-7-8-14-25-4-2)23-13-12-21-17(24)15-9-5-6-10-16(15)19;/h5-6,9-10H,3-4,7-8,11-14H2,1-2H3,(H,21,24)(H2,20,22,23);1H. The molecule has 0 spiro atoms. The molecule has 0 bridgehead atoms. The fourth-order valence-electron chi connectivity index (χ4n) is 2.09. The predicted octanol–water partition coefficient (Wildman–Crippen LogP) is 3.06. The number of hydrogen-bond donors (Lipinski definition) is 3. The molecule has 3 N–H and O–H groups in total. The fraction of sp³-hybridized carbons (Fsp3) is 0.556. The molecule has 0 saturated carbocycles. The van der Waals surface area contributed by atoms with E-state index >= 15 is 0 Å². The maximum atomic E-state index is 12.1. The van der Waals surface area contributed by atoms with Crippen molar-refractivity contribution in [3.63, 3.8) is 0 Å². The van der Waals surface area contributed by atoms with Crippen LogP contribution in [0.25, 0.3) is 0 Å². The van der Waals surface area contributed by atoms with Gasteiger partial charge in [0.05, 0.1) is 10.6 Å². The van der Waals surface area contributed by atoms with Crippen LogP contribution >= 0.6 is 35.6 Å². The lowest BCUT2D eigenvalue weighted by molar-refractivity contribution is 0.0954. The van der Waals surface area contributed by atoms with Crippen LogP contribution in [0, 0.1) is 0 Å². The van der Waals surface area contributed by atoms with E-state index in [9.17, 15) is 4.79 Å². The second-order valence-corrected chi connectivity index (χ2v) is 5.73. The van der Waals surface area contributed by atoms with E-state index in [1.165, 1.54) is 0 Å². The summed E-state index contributed by atoms with van der Waals surface area (Å²) in [6, 6.07) is 7.00. The van der Waals surface area contributed by atoms with Gasteiger partial charge < -0.3 is 20.7 Å². The molecule has 0 saturated heterocycles. The summed E-state index contributed by atoms with van der Waals surface area (Å²) in [6.45, 7) is 8.16. The first kappa shape index (κ1) is 24.9. The number of nitrogens with one attached hydrogen (secondary N) is 3. The Labute approximate surface area is 178 Å². The van der Waals surface area contributed by atoms with Gasteiger partial charge in [-0.3, -0.25) is 9.79 Å². The van der Waals surface area contributed by atoms with E-state index in [1.54, 1.807) is 24.3 Å². The molecule has 0 radical (unpaired) electrons. The summed E-state index contributed by atoms with van der Waals surface area (Å²) in [5, 5.41) is 9.69. The quantitative estimate of drug-likeness (QED) is 0.191. The van der Waals surface area contributed by atoms with Crippen molar-refractivity contribution in [1.82, 2.24) is 16.0 Å². The Bertz CT molecular complexity index is 544. The lowest BCUT2D eigenvalue weighted by Gasteiger charge is -2.12. The van der Waals surface area contributed by atoms with E-state index < -0.39 is 0 Å². The molecule has 0 heterocycles. The number of ether oxygens (including phenoxy) is 1. The van der Waals surface area contributed by atoms with Gasteiger partial charge >= 0.3 is 0 Å². The molecule has 0 aliphatic rings. The van der Waals surface area contributed by atoms with Crippen LogP contribution in [0.3, 0.4) is 0 Å². The van der Waals surface area contributed by atoms with Crippen LogP contribution in [0.1, 0.15) is 37.0 Å². The average Bonchev–Trinajstić information content (AvgIpc) is 2.61. The summed E-state index contributed by atoms with van der Waals surface area (Å²) in [7, 11) is 0. The van der Waals surface area contributed by atoms with Crippen LogP contribution in [0.4, 0.5) is 0 Å². The second-order valence-electron chi connectivity index (χ2n) is 5.33. The highest BCUT2D eigenvalue weighted by atomic mass is 127. The molecule has 0 aromatic heterocycles. The lowest BCUT2D eigenvalue weighted by Crippen LogP contribution is -2.41. The first-order valence-electron chi connectivity index (χ1n) is 8.81. The number of unbranched alkanes of at least 4 members (excludes halogenated alkanes) is 1. The lowest BCUT2D eigenvalue weighted by atomic mass is 10.2. The molecule has 1 aromatic carbocycles. The van der Waals surface area contributed by atoms with Crippen LogP contribution in [-0.2, 0) is 4.74 Å². The zero-order chi connectivity index (χ0) is 18.3. The molecule has 0 unspecified atom stereocenters. The van der Waals surface area contributed by atoms with Crippen LogP contribution in [-0.4, -0.2) is 51.3 Å². The summed E-state index contributed by atoms with van der Waals surface area (Å²) < 4.78 is 5.31. The molecular formula is C18H30ClIN4O2. The molecule has 0 atom stereocenters. The van der Waals surface area contributed by atoms with Crippen molar-refractivity contribution in [2.45, 2.75) is 26.7 Å². The molecule has 0 fully saturated rings. The first-order valence-corrected chi connectivity index (χ1v) is 9.19. The summed E-state index contributed by atoms with van der Waals surface area (Å²) in [4.78, 5) is 16.6. The van der Waals surface area contributed by atoms with Gasteiger partial charge in [0, 0.05) is 39.4 Å². The molecule has 0 aliphatic carbocycles. The number of carbonyl (C=O) groups excluding carboxylic acids is 1. The van der Waals surface area contributed by atoms with Crippen molar-refractivity contribution in [2.75, 3.05) is 39.4 Å². The van der Waals surface area contributed by atoms with E-state index in [2.05, 4.69) is 20.9 Å². The Morgan fingerprint density at radius 3 is 2.54 bits per heavy atom. The molecule has 8 heteroatoms. The smallest absolute Gasteiger partial charge is 0.252 e. The molecule has 6 nitrogen and oxygen atoms in total. The van der Waals surface area contributed by atoms with Crippen molar-refractivity contribution in [1.29, 1.82) is 0 Å². The Morgan fingerprint density at radius 2 is 1.85 bits per heavy atom. The van der Waals surface area contributed by atoms with Crippen LogP contribution in [0.2, 0.25) is 5.02 Å². The predicted molar refractivity (Wildman–Crippen MR) is 119 cm³/mol. The average molecular weight is 497 g/mol. The summed E-state index contributed by atoms with van der Waals surface area (Å²) in [5.41, 5.74) is 0.485. The maximum absolute atomic E-state index is 12.1. The highest BCUT2D eigenvalue weighted by molar-refractivity contribution is 14.0. The Balaban J connectivity index is 0.00000625. The second kappa shape index (κ2) is 16.1. The normalized spacial score (nSPS) is 10.8. The van der Waals surface area contributed by atoms with Crippen molar-refractivity contribution in [3.8, 4) is 0 Å². The van der Waals surface area contributed by atoms with E-state index in [1.807, 2.05) is 13.8 Å². The van der Waals surface area contributed by atoms with E-state index in [-0.39, 0.29) is 29.9 Å². The zero-order valence-corrected chi connectivity index (χ0v) is 18.6. The van der Waals surface area contributed by atoms with E-state index in [0.717, 1.165) is 45.1 Å². The first-order chi connectivity index (χ1) is 12.2. The zero-order valence-electron chi connectivity index (χ0n) is 15.5. The van der Waals surface area contributed by atoms with E-state index in [4.69, 9.17) is 16.3 Å². The Hall–Kier alpha value is -1.06. The highest BCUT2D eigenvalue weighted by Gasteiger charge is 2.08. The van der Waals surface area contributed by atoms with Gasteiger partial charge in [0.15, 0.2) is 5.96 Å². The Kier molecular flexibility index (Phi) is 15.5. The van der Waals surface area contributed by atoms with Gasteiger partial charge in [-0.2, -0.15) is 0 Å². The number of carbonyl (C=O) groups is 1. The van der Waals surface area contributed by atoms with Gasteiger partial charge in [-0.1, -0.05) is 23.7 Å². The molecule has 0 aliphatic heterocycles. The van der Waals surface area contributed by atoms with Crippen molar-refractivity contribution in [3.05, 3.63) is 34.9 Å².